The molecular weight excluding hydrogens is 476 g/mol. The van der Waals surface area contributed by atoms with Crippen molar-refractivity contribution < 1.29 is 0 Å². The molecule has 2 aromatic carbocycles. The maximum absolute atomic E-state index is 4.62. The molecule has 212 valence electrons. The molecule has 3 rings (SSSR count). The molecule has 0 unspecified atom stereocenters. The number of nitrogens with zero attached hydrogens (tertiary/aromatic N) is 2. The molecule has 0 radical (unpaired) electrons. The molecule has 0 fully saturated rings. The molecule has 0 spiro atoms. The van der Waals surface area contributed by atoms with Gasteiger partial charge in [0, 0.05) is 50.3 Å². The van der Waals surface area contributed by atoms with Crippen molar-refractivity contribution in [1.29, 1.82) is 0 Å². The summed E-state index contributed by atoms with van der Waals surface area (Å²) < 4.78 is 0. The van der Waals surface area contributed by atoms with Crippen LogP contribution in [-0.4, -0.2) is 36.1 Å². The molecule has 39 heavy (non-hydrogen) atoms. The average molecular weight is 529 g/mol. The fraction of sp³-hybridized carbons (Fsp3) is 0.514. The highest BCUT2D eigenvalue weighted by Gasteiger charge is 2.12. The summed E-state index contributed by atoms with van der Waals surface area (Å²) in [5.74, 6) is 0. The lowest BCUT2D eigenvalue weighted by Crippen LogP contribution is -2.31. The highest BCUT2D eigenvalue weighted by molar-refractivity contribution is 5.60. The third-order valence-corrected chi connectivity index (χ3v) is 7.86. The van der Waals surface area contributed by atoms with Crippen LogP contribution in [0.2, 0.25) is 0 Å². The first-order valence-corrected chi connectivity index (χ1v) is 15.5. The smallest absolute Gasteiger partial charge is 0.0543 e. The van der Waals surface area contributed by atoms with Crippen LogP contribution >= 0.6 is 0 Å². The summed E-state index contributed by atoms with van der Waals surface area (Å²) in [6.07, 6.45) is 9.45. The summed E-state index contributed by atoms with van der Waals surface area (Å²) in [4.78, 5) is 7.17. The maximum Gasteiger partial charge on any atom is 0.0543 e. The zero-order valence-electron chi connectivity index (χ0n) is 25.5. The number of hydrogen-bond donors (Lipinski definition) is 2. The first-order chi connectivity index (χ1) is 19.1. The van der Waals surface area contributed by atoms with Crippen molar-refractivity contribution >= 4 is 11.4 Å². The quantitative estimate of drug-likeness (QED) is 0.175. The van der Waals surface area contributed by atoms with Gasteiger partial charge in [-0.2, -0.15) is 0 Å². The van der Waals surface area contributed by atoms with Gasteiger partial charge in [-0.25, -0.2) is 0 Å². The second kappa shape index (κ2) is 16.3. The Morgan fingerprint density at radius 2 is 1.13 bits per heavy atom. The Bertz CT molecular complexity index is 1090. The Balaban J connectivity index is 1.65. The van der Waals surface area contributed by atoms with E-state index >= 15 is 0 Å². The average Bonchev–Trinajstić information content (AvgIpc) is 2.98. The van der Waals surface area contributed by atoms with Gasteiger partial charge >= 0.3 is 0 Å². The zero-order valence-corrected chi connectivity index (χ0v) is 25.5. The minimum Gasteiger partial charge on any atom is -0.385 e. The van der Waals surface area contributed by atoms with Crippen LogP contribution in [0, 0.1) is 0 Å². The molecule has 0 aliphatic rings. The lowest BCUT2D eigenvalue weighted by atomic mass is 9.98. The largest absolute Gasteiger partial charge is 0.385 e. The number of hydrogen-bond acceptors (Lipinski definition) is 4. The fourth-order valence-corrected chi connectivity index (χ4v) is 5.50. The monoisotopic (exact) mass is 528 g/mol. The fourth-order valence-electron chi connectivity index (χ4n) is 5.50. The molecule has 3 aromatic rings. The third-order valence-electron chi connectivity index (χ3n) is 7.86. The molecule has 1 heterocycles. The van der Waals surface area contributed by atoms with E-state index in [1.54, 1.807) is 0 Å². The van der Waals surface area contributed by atoms with Crippen LogP contribution in [0.15, 0.2) is 48.7 Å². The Hall–Kier alpha value is -2.85. The Morgan fingerprint density at radius 1 is 0.615 bits per heavy atom. The molecule has 4 nitrogen and oxygen atoms in total. The van der Waals surface area contributed by atoms with Crippen molar-refractivity contribution in [3.05, 3.63) is 87.7 Å². The van der Waals surface area contributed by atoms with Gasteiger partial charge in [-0.1, -0.05) is 71.9 Å². The highest BCUT2D eigenvalue weighted by atomic mass is 15.1. The van der Waals surface area contributed by atoms with Crippen LogP contribution in [0.4, 0.5) is 11.4 Å². The van der Waals surface area contributed by atoms with Gasteiger partial charge in [0.1, 0.15) is 0 Å². The number of aryl methyl sites for hydroxylation is 6. The van der Waals surface area contributed by atoms with Crippen molar-refractivity contribution in [2.24, 2.45) is 0 Å². The summed E-state index contributed by atoms with van der Waals surface area (Å²) in [6.45, 7) is 18.4. The van der Waals surface area contributed by atoms with E-state index in [0.717, 1.165) is 83.4 Å². The van der Waals surface area contributed by atoms with E-state index in [-0.39, 0.29) is 0 Å². The van der Waals surface area contributed by atoms with E-state index in [9.17, 15) is 0 Å². The van der Waals surface area contributed by atoms with Gasteiger partial charge in [-0.15, -0.1) is 0 Å². The van der Waals surface area contributed by atoms with Crippen LogP contribution in [0.3, 0.4) is 0 Å². The van der Waals surface area contributed by atoms with Crippen LogP contribution < -0.4 is 10.6 Å². The van der Waals surface area contributed by atoms with E-state index in [0.29, 0.717) is 0 Å². The number of benzene rings is 2. The second-order valence-electron chi connectivity index (χ2n) is 10.5. The molecule has 0 bridgehead atoms. The third kappa shape index (κ3) is 8.83. The van der Waals surface area contributed by atoms with Gasteiger partial charge in [0.2, 0.25) is 0 Å². The standard InChI is InChI=1S/C35H52N4/c1-7-27-22-29(9-3)34(30(10-4)23-27)37-18-15-20-39(26-33-16-13-14-17-36-33)21-19-38-35-31(11-5)24-28(8-2)25-32(35)12-6/h13-14,16-17,22-25,37-38H,7-12,15,18-21,26H2,1-6H3. The van der Waals surface area contributed by atoms with E-state index in [1.165, 1.54) is 44.8 Å². The summed E-state index contributed by atoms with van der Waals surface area (Å²) in [5, 5.41) is 7.65. The molecule has 0 aliphatic heterocycles. The van der Waals surface area contributed by atoms with Crippen molar-refractivity contribution in [2.75, 3.05) is 36.8 Å². The Kier molecular flexibility index (Phi) is 12.8. The van der Waals surface area contributed by atoms with Gasteiger partial charge in [0.05, 0.1) is 5.69 Å². The second-order valence-corrected chi connectivity index (χ2v) is 10.5. The van der Waals surface area contributed by atoms with Crippen LogP contribution in [0.25, 0.3) is 0 Å². The highest BCUT2D eigenvalue weighted by Crippen LogP contribution is 2.26. The predicted molar refractivity (Wildman–Crippen MR) is 170 cm³/mol. The lowest BCUT2D eigenvalue weighted by molar-refractivity contribution is 0.271. The van der Waals surface area contributed by atoms with Crippen molar-refractivity contribution in [1.82, 2.24) is 9.88 Å². The van der Waals surface area contributed by atoms with Crippen LogP contribution in [0.5, 0.6) is 0 Å². The molecule has 4 heteroatoms. The van der Waals surface area contributed by atoms with Crippen LogP contribution in [0.1, 0.15) is 87.0 Å². The summed E-state index contributed by atoms with van der Waals surface area (Å²) in [5.41, 5.74) is 12.5. The Morgan fingerprint density at radius 3 is 1.56 bits per heavy atom. The summed E-state index contributed by atoms with van der Waals surface area (Å²) >= 11 is 0. The number of nitrogens with one attached hydrogen (secondary N) is 2. The summed E-state index contributed by atoms with van der Waals surface area (Å²) in [7, 11) is 0. The zero-order chi connectivity index (χ0) is 28.0. The van der Waals surface area contributed by atoms with Crippen molar-refractivity contribution in [3.63, 3.8) is 0 Å². The molecular formula is C35H52N4. The normalized spacial score (nSPS) is 11.3. The molecule has 0 aliphatic carbocycles. The van der Waals surface area contributed by atoms with E-state index in [4.69, 9.17) is 0 Å². The van der Waals surface area contributed by atoms with E-state index in [1.807, 2.05) is 12.3 Å². The number of rotatable bonds is 17. The minimum absolute atomic E-state index is 0.879. The molecule has 1 aromatic heterocycles. The molecule has 0 amide bonds. The van der Waals surface area contributed by atoms with Crippen molar-refractivity contribution in [2.45, 2.75) is 93.0 Å². The molecule has 0 saturated heterocycles. The van der Waals surface area contributed by atoms with Gasteiger partial charge in [-0.3, -0.25) is 9.88 Å². The van der Waals surface area contributed by atoms with Gasteiger partial charge in [-0.05, 0) is 90.5 Å². The Labute approximate surface area is 238 Å². The molecule has 0 saturated carbocycles. The van der Waals surface area contributed by atoms with Gasteiger partial charge < -0.3 is 10.6 Å². The first-order valence-electron chi connectivity index (χ1n) is 15.5. The molecule has 2 N–H and O–H groups in total. The topological polar surface area (TPSA) is 40.2 Å². The number of pyridine rings is 1. The number of anilines is 2. The van der Waals surface area contributed by atoms with E-state index < -0.39 is 0 Å². The van der Waals surface area contributed by atoms with Crippen LogP contribution in [-0.2, 0) is 45.1 Å². The number of aromatic nitrogens is 1. The lowest BCUT2D eigenvalue weighted by Gasteiger charge is -2.24. The van der Waals surface area contributed by atoms with E-state index in [2.05, 4.69) is 98.5 Å². The first kappa shape index (κ1) is 30.7. The SMILES string of the molecule is CCc1cc(CC)c(NCCCN(CCNc2c(CC)cc(CC)cc2CC)Cc2ccccn2)c(CC)c1. The van der Waals surface area contributed by atoms with Crippen molar-refractivity contribution in [3.8, 4) is 0 Å². The molecule has 0 atom stereocenters. The predicted octanol–water partition coefficient (Wildman–Crippen LogP) is 7.87. The minimum atomic E-state index is 0.879. The van der Waals surface area contributed by atoms with Gasteiger partial charge in [0.25, 0.3) is 0 Å². The summed E-state index contributed by atoms with van der Waals surface area (Å²) in [6, 6.07) is 15.8. The van der Waals surface area contributed by atoms with Gasteiger partial charge in [0.15, 0.2) is 0 Å². The maximum atomic E-state index is 4.62.